The molecule has 0 aromatic heterocycles. The Bertz CT molecular complexity index is 2940. The van der Waals surface area contributed by atoms with Crippen molar-refractivity contribution in [1.29, 1.82) is 0 Å². The number of rotatable bonds is 5. The van der Waals surface area contributed by atoms with Gasteiger partial charge in [0.15, 0.2) is 0 Å². The highest BCUT2D eigenvalue weighted by Gasteiger charge is 2.47. The molecule has 0 heterocycles. The minimum absolute atomic E-state index is 0.513. The molecule has 0 saturated carbocycles. The molecular formula is C55H36. The van der Waals surface area contributed by atoms with Crippen molar-refractivity contribution in [3.63, 3.8) is 0 Å². The molecule has 256 valence electrons. The molecule has 1 aliphatic rings. The zero-order chi connectivity index (χ0) is 36.3. The summed E-state index contributed by atoms with van der Waals surface area (Å²) < 4.78 is 0. The first kappa shape index (κ1) is 31.5. The quantitative estimate of drug-likeness (QED) is 0.168. The predicted octanol–water partition coefficient (Wildman–Crippen LogP) is 14.5. The van der Waals surface area contributed by atoms with Gasteiger partial charge in [-0.25, -0.2) is 0 Å². The SMILES string of the molecule is c1ccc(C2(c3ccccc3)c3cc(-c4cc(-c5ccc6ccccc6c5)cc(-c5ccc6ccccc6c5)c4)ccc3-c3ccc4ccccc4c32)cc1. The zero-order valence-electron chi connectivity index (χ0n) is 30.3. The van der Waals surface area contributed by atoms with E-state index in [0.717, 1.165) is 0 Å². The molecule has 0 bridgehead atoms. The molecule has 0 N–H and O–H groups in total. The predicted molar refractivity (Wildman–Crippen MR) is 233 cm³/mol. The fraction of sp³-hybridized carbons (Fsp3) is 0.0182. The fourth-order valence-electron chi connectivity index (χ4n) is 9.31. The maximum Gasteiger partial charge on any atom is 0.0719 e. The Morgan fingerprint density at radius 2 is 0.673 bits per heavy atom. The van der Waals surface area contributed by atoms with Crippen LogP contribution >= 0.6 is 0 Å². The molecule has 11 rings (SSSR count). The molecular weight excluding hydrogens is 661 g/mol. The second-order valence-corrected chi connectivity index (χ2v) is 14.9. The van der Waals surface area contributed by atoms with Crippen molar-refractivity contribution in [3.05, 3.63) is 241 Å². The van der Waals surface area contributed by atoms with Crippen molar-refractivity contribution in [2.45, 2.75) is 5.41 Å². The number of fused-ring (bicyclic) bond motifs is 7. The van der Waals surface area contributed by atoms with Gasteiger partial charge in [0.05, 0.1) is 5.41 Å². The number of benzene rings is 10. The van der Waals surface area contributed by atoms with Gasteiger partial charge < -0.3 is 0 Å². The van der Waals surface area contributed by atoms with Crippen LogP contribution in [0, 0.1) is 0 Å². The molecule has 0 unspecified atom stereocenters. The molecule has 0 heteroatoms. The normalized spacial score (nSPS) is 12.9. The van der Waals surface area contributed by atoms with E-state index in [4.69, 9.17) is 0 Å². The summed E-state index contributed by atoms with van der Waals surface area (Å²) in [6.07, 6.45) is 0. The van der Waals surface area contributed by atoms with Crippen molar-refractivity contribution in [2.24, 2.45) is 0 Å². The molecule has 0 aliphatic heterocycles. The Kier molecular flexibility index (Phi) is 7.19. The van der Waals surface area contributed by atoms with E-state index in [1.165, 1.54) is 99.1 Å². The lowest BCUT2D eigenvalue weighted by Gasteiger charge is -2.35. The van der Waals surface area contributed by atoms with Crippen molar-refractivity contribution in [3.8, 4) is 44.5 Å². The topological polar surface area (TPSA) is 0 Å². The molecule has 0 spiro atoms. The van der Waals surface area contributed by atoms with Gasteiger partial charge in [-0.1, -0.05) is 182 Å². The highest BCUT2D eigenvalue weighted by Crippen LogP contribution is 2.58. The fourth-order valence-corrected chi connectivity index (χ4v) is 9.31. The monoisotopic (exact) mass is 696 g/mol. The summed E-state index contributed by atoms with van der Waals surface area (Å²) in [6.45, 7) is 0. The molecule has 10 aromatic carbocycles. The van der Waals surface area contributed by atoms with E-state index in [0.29, 0.717) is 0 Å². The summed E-state index contributed by atoms with van der Waals surface area (Å²) in [5.41, 5.74) is 14.5. The van der Waals surface area contributed by atoms with E-state index in [2.05, 4.69) is 218 Å². The molecule has 0 fully saturated rings. The van der Waals surface area contributed by atoms with Gasteiger partial charge in [-0.3, -0.25) is 0 Å². The van der Waals surface area contributed by atoms with Crippen LogP contribution in [-0.2, 0) is 5.41 Å². The lowest BCUT2D eigenvalue weighted by molar-refractivity contribution is 0.776. The van der Waals surface area contributed by atoms with Gasteiger partial charge >= 0.3 is 0 Å². The van der Waals surface area contributed by atoms with E-state index >= 15 is 0 Å². The summed E-state index contributed by atoms with van der Waals surface area (Å²) in [5.74, 6) is 0. The van der Waals surface area contributed by atoms with Crippen LogP contribution in [0.1, 0.15) is 22.3 Å². The maximum absolute atomic E-state index is 2.49. The van der Waals surface area contributed by atoms with Crippen molar-refractivity contribution in [2.75, 3.05) is 0 Å². The summed E-state index contributed by atoms with van der Waals surface area (Å²) in [4.78, 5) is 0. The summed E-state index contributed by atoms with van der Waals surface area (Å²) >= 11 is 0. The largest absolute Gasteiger partial charge is 0.0719 e. The third-order valence-electron chi connectivity index (χ3n) is 11.9. The van der Waals surface area contributed by atoms with E-state index < -0.39 is 5.41 Å². The van der Waals surface area contributed by atoms with Crippen LogP contribution in [-0.4, -0.2) is 0 Å². The Morgan fingerprint density at radius 1 is 0.255 bits per heavy atom. The Hall–Kier alpha value is -7.02. The standard InChI is InChI=1S/C55H36/c1-3-18-48(19-4-1)55(49-20-5-2-6-21-49)53-36-44(28-29-51(53)52-30-27-39-15-11-12-22-50(39)54(52)55)47-34-45(42-25-23-37-13-7-9-16-40(37)31-42)33-46(35-47)43-26-24-38-14-8-10-17-41(38)32-43/h1-36H. The summed E-state index contributed by atoms with van der Waals surface area (Å²) in [7, 11) is 0. The Balaban J connectivity index is 1.19. The van der Waals surface area contributed by atoms with Crippen LogP contribution in [0.15, 0.2) is 218 Å². The third-order valence-corrected chi connectivity index (χ3v) is 11.9. The second-order valence-electron chi connectivity index (χ2n) is 14.9. The van der Waals surface area contributed by atoms with Crippen molar-refractivity contribution in [1.82, 2.24) is 0 Å². The number of hydrogen-bond acceptors (Lipinski definition) is 0. The van der Waals surface area contributed by atoms with Gasteiger partial charge in [0, 0.05) is 0 Å². The Morgan fingerprint density at radius 3 is 1.24 bits per heavy atom. The first-order valence-electron chi connectivity index (χ1n) is 19.2. The van der Waals surface area contributed by atoms with Gasteiger partial charge in [0.2, 0.25) is 0 Å². The van der Waals surface area contributed by atoms with Crippen LogP contribution in [0.25, 0.3) is 76.8 Å². The van der Waals surface area contributed by atoms with E-state index in [1.54, 1.807) is 0 Å². The first-order chi connectivity index (χ1) is 27.2. The van der Waals surface area contributed by atoms with Gasteiger partial charge in [0.1, 0.15) is 0 Å². The van der Waals surface area contributed by atoms with E-state index in [1.807, 2.05) is 0 Å². The van der Waals surface area contributed by atoms with Crippen LogP contribution < -0.4 is 0 Å². The minimum atomic E-state index is -0.513. The van der Waals surface area contributed by atoms with E-state index in [9.17, 15) is 0 Å². The van der Waals surface area contributed by atoms with Crippen LogP contribution in [0.5, 0.6) is 0 Å². The molecule has 55 heavy (non-hydrogen) atoms. The minimum Gasteiger partial charge on any atom is -0.0622 e. The molecule has 0 saturated heterocycles. The van der Waals surface area contributed by atoms with Gasteiger partial charge in [0.25, 0.3) is 0 Å². The highest BCUT2D eigenvalue weighted by molar-refractivity contribution is 6.01. The summed E-state index contributed by atoms with van der Waals surface area (Å²) in [5, 5.41) is 7.55. The zero-order valence-corrected chi connectivity index (χ0v) is 30.3. The molecule has 0 nitrogen and oxygen atoms in total. The van der Waals surface area contributed by atoms with Crippen molar-refractivity contribution >= 4 is 32.3 Å². The lowest BCUT2D eigenvalue weighted by atomic mass is 9.66. The van der Waals surface area contributed by atoms with Gasteiger partial charge in [-0.15, -0.1) is 0 Å². The molecule has 0 atom stereocenters. The number of hydrogen-bond donors (Lipinski definition) is 0. The van der Waals surface area contributed by atoms with Crippen LogP contribution in [0.4, 0.5) is 0 Å². The van der Waals surface area contributed by atoms with Crippen LogP contribution in [0.2, 0.25) is 0 Å². The Labute approximate surface area is 321 Å². The summed E-state index contributed by atoms with van der Waals surface area (Å²) in [6, 6.07) is 81.2. The highest BCUT2D eigenvalue weighted by atomic mass is 14.5. The molecule has 0 radical (unpaired) electrons. The van der Waals surface area contributed by atoms with E-state index in [-0.39, 0.29) is 0 Å². The van der Waals surface area contributed by atoms with Gasteiger partial charge in [-0.05, 0) is 135 Å². The van der Waals surface area contributed by atoms with Crippen molar-refractivity contribution < 1.29 is 0 Å². The van der Waals surface area contributed by atoms with Gasteiger partial charge in [-0.2, -0.15) is 0 Å². The average Bonchev–Trinajstić information content (AvgIpc) is 3.57. The molecule has 1 aliphatic carbocycles. The average molecular weight is 697 g/mol. The first-order valence-corrected chi connectivity index (χ1v) is 19.2. The second kappa shape index (κ2) is 12.5. The maximum atomic E-state index is 2.49. The molecule has 10 aromatic rings. The van der Waals surface area contributed by atoms with Crippen LogP contribution in [0.3, 0.4) is 0 Å². The lowest BCUT2D eigenvalue weighted by Crippen LogP contribution is -2.28. The smallest absolute Gasteiger partial charge is 0.0622 e. The third kappa shape index (κ3) is 4.99. The molecule has 0 amide bonds.